The fraction of sp³-hybridized carbons (Fsp3) is 0.667. The lowest BCUT2D eigenvalue weighted by molar-refractivity contribution is -0.139. The monoisotopic (exact) mass is 333 g/mol. The fourth-order valence-corrected chi connectivity index (χ4v) is 3.61. The highest BCUT2D eigenvalue weighted by molar-refractivity contribution is 5.81. The van der Waals surface area contributed by atoms with Gasteiger partial charge in [0, 0.05) is 37.1 Å². The first-order chi connectivity index (χ1) is 11.6. The number of hydrogen-bond donors (Lipinski definition) is 2. The minimum absolute atomic E-state index is 0.0232. The first-order valence-corrected chi connectivity index (χ1v) is 8.88. The van der Waals surface area contributed by atoms with Crippen LogP contribution in [0.25, 0.3) is 0 Å². The summed E-state index contributed by atoms with van der Waals surface area (Å²) in [4.78, 5) is 18.8. The molecule has 1 amide bonds. The maximum Gasteiger partial charge on any atom is 0.250 e. The van der Waals surface area contributed by atoms with Gasteiger partial charge in [0.1, 0.15) is 6.10 Å². The second kappa shape index (κ2) is 7.59. The van der Waals surface area contributed by atoms with Crippen LogP contribution in [0.15, 0.2) is 24.5 Å². The van der Waals surface area contributed by atoms with Crippen LogP contribution in [0.5, 0.6) is 0 Å². The van der Waals surface area contributed by atoms with E-state index in [2.05, 4.69) is 22.1 Å². The number of aliphatic hydroxyl groups is 1. The van der Waals surface area contributed by atoms with Crippen LogP contribution in [-0.4, -0.2) is 59.3 Å². The van der Waals surface area contributed by atoms with Gasteiger partial charge in [0.15, 0.2) is 0 Å². The zero-order chi connectivity index (χ0) is 17.0. The summed E-state index contributed by atoms with van der Waals surface area (Å²) >= 11 is 0. The van der Waals surface area contributed by atoms with Crippen LogP contribution >= 0.6 is 0 Å². The van der Waals surface area contributed by atoms with Gasteiger partial charge in [-0.25, -0.2) is 0 Å². The smallest absolute Gasteiger partial charge is 0.250 e. The molecule has 1 aromatic rings. The topological polar surface area (TPSA) is 74.7 Å². The fourth-order valence-electron chi connectivity index (χ4n) is 3.61. The summed E-state index contributed by atoms with van der Waals surface area (Å²) in [6.07, 6.45) is 5.86. The molecular formula is C18H27N3O3. The summed E-state index contributed by atoms with van der Waals surface area (Å²) in [6, 6.07) is 3.87. The number of nitrogens with zero attached hydrogens (tertiary/aromatic N) is 2. The molecule has 6 nitrogen and oxygen atoms in total. The van der Waals surface area contributed by atoms with E-state index >= 15 is 0 Å². The van der Waals surface area contributed by atoms with E-state index in [-0.39, 0.29) is 18.1 Å². The Morgan fingerprint density at radius 3 is 2.96 bits per heavy atom. The molecule has 1 aromatic heterocycles. The Morgan fingerprint density at radius 1 is 1.50 bits per heavy atom. The summed E-state index contributed by atoms with van der Waals surface area (Å²) in [7, 11) is 0. The molecular weight excluding hydrogens is 306 g/mol. The SMILES string of the molecule is CCN1CCOC(C(=O)NC2CCC(O)(c3cccnc3)CC2)C1. The molecule has 0 spiro atoms. The third-order valence-electron chi connectivity index (χ3n) is 5.25. The Labute approximate surface area is 143 Å². The molecule has 1 saturated carbocycles. The Morgan fingerprint density at radius 2 is 2.29 bits per heavy atom. The van der Waals surface area contributed by atoms with Crippen molar-refractivity contribution in [3.05, 3.63) is 30.1 Å². The molecule has 1 saturated heterocycles. The van der Waals surface area contributed by atoms with Crippen LogP contribution in [0, 0.1) is 0 Å². The Hall–Kier alpha value is -1.50. The number of pyridine rings is 1. The lowest BCUT2D eigenvalue weighted by Gasteiger charge is -2.37. The van der Waals surface area contributed by atoms with Gasteiger partial charge >= 0.3 is 0 Å². The zero-order valence-electron chi connectivity index (χ0n) is 14.3. The van der Waals surface area contributed by atoms with Crippen molar-refractivity contribution in [2.75, 3.05) is 26.2 Å². The predicted octanol–water partition coefficient (Wildman–Crippen LogP) is 1.05. The second-order valence-corrected chi connectivity index (χ2v) is 6.81. The van der Waals surface area contributed by atoms with Crippen molar-refractivity contribution in [1.29, 1.82) is 0 Å². The normalized spacial score (nSPS) is 31.6. The van der Waals surface area contributed by atoms with Gasteiger partial charge < -0.3 is 15.2 Å². The number of nitrogens with one attached hydrogen (secondary N) is 1. The van der Waals surface area contributed by atoms with Gasteiger partial charge in [0.05, 0.1) is 12.2 Å². The highest BCUT2D eigenvalue weighted by Gasteiger charge is 2.36. The van der Waals surface area contributed by atoms with E-state index < -0.39 is 5.60 Å². The van der Waals surface area contributed by atoms with Crippen LogP contribution in [-0.2, 0) is 15.1 Å². The third-order valence-corrected chi connectivity index (χ3v) is 5.25. The molecule has 0 aromatic carbocycles. The number of carbonyl (C=O) groups is 1. The quantitative estimate of drug-likeness (QED) is 0.861. The lowest BCUT2D eigenvalue weighted by Crippen LogP contribution is -2.52. The van der Waals surface area contributed by atoms with Crippen molar-refractivity contribution in [3.63, 3.8) is 0 Å². The van der Waals surface area contributed by atoms with Gasteiger partial charge in [-0.15, -0.1) is 0 Å². The van der Waals surface area contributed by atoms with Crippen LogP contribution in [0.1, 0.15) is 38.2 Å². The molecule has 0 bridgehead atoms. The molecule has 1 aliphatic heterocycles. The molecule has 132 valence electrons. The molecule has 2 fully saturated rings. The predicted molar refractivity (Wildman–Crippen MR) is 90.4 cm³/mol. The average molecular weight is 333 g/mol. The zero-order valence-corrected chi connectivity index (χ0v) is 14.3. The first-order valence-electron chi connectivity index (χ1n) is 8.88. The van der Waals surface area contributed by atoms with Crippen LogP contribution in [0.3, 0.4) is 0 Å². The molecule has 1 unspecified atom stereocenters. The molecule has 1 atom stereocenters. The standard InChI is InChI=1S/C18H27N3O3/c1-2-21-10-11-24-16(13-21)17(22)20-15-5-7-18(23,8-6-15)14-4-3-9-19-12-14/h3-4,9,12,15-16,23H,2,5-8,10-11,13H2,1H3,(H,20,22). The number of ether oxygens (including phenoxy) is 1. The largest absolute Gasteiger partial charge is 0.385 e. The number of amides is 1. The average Bonchev–Trinajstić information content (AvgIpc) is 2.64. The van der Waals surface area contributed by atoms with Crippen LogP contribution in [0.2, 0.25) is 0 Å². The summed E-state index contributed by atoms with van der Waals surface area (Å²) in [6.45, 7) is 5.20. The van der Waals surface area contributed by atoms with Gasteiger partial charge in [-0.1, -0.05) is 13.0 Å². The molecule has 2 N–H and O–H groups in total. The van der Waals surface area contributed by atoms with E-state index in [9.17, 15) is 9.90 Å². The van der Waals surface area contributed by atoms with E-state index in [4.69, 9.17) is 4.74 Å². The molecule has 24 heavy (non-hydrogen) atoms. The van der Waals surface area contributed by atoms with Gasteiger partial charge in [-0.2, -0.15) is 0 Å². The summed E-state index contributed by atoms with van der Waals surface area (Å²) in [5.74, 6) is -0.0232. The van der Waals surface area contributed by atoms with Gasteiger partial charge in [-0.05, 0) is 38.3 Å². The number of hydrogen-bond acceptors (Lipinski definition) is 5. The van der Waals surface area contributed by atoms with E-state index in [0.29, 0.717) is 26.0 Å². The van der Waals surface area contributed by atoms with Crippen molar-refractivity contribution in [2.24, 2.45) is 0 Å². The highest BCUT2D eigenvalue weighted by Crippen LogP contribution is 2.36. The maximum atomic E-state index is 12.4. The first kappa shape index (κ1) is 17.3. The van der Waals surface area contributed by atoms with E-state index in [1.807, 2.05) is 12.1 Å². The van der Waals surface area contributed by atoms with E-state index in [0.717, 1.165) is 31.5 Å². The van der Waals surface area contributed by atoms with Crippen molar-refractivity contribution in [2.45, 2.75) is 50.4 Å². The van der Waals surface area contributed by atoms with Gasteiger partial charge in [-0.3, -0.25) is 14.7 Å². The second-order valence-electron chi connectivity index (χ2n) is 6.81. The molecule has 1 aliphatic carbocycles. The Bertz CT molecular complexity index is 544. The lowest BCUT2D eigenvalue weighted by atomic mass is 9.78. The van der Waals surface area contributed by atoms with E-state index in [1.165, 1.54) is 0 Å². The van der Waals surface area contributed by atoms with Gasteiger partial charge in [0.25, 0.3) is 5.91 Å². The van der Waals surface area contributed by atoms with Crippen molar-refractivity contribution >= 4 is 5.91 Å². The highest BCUT2D eigenvalue weighted by atomic mass is 16.5. The Balaban J connectivity index is 1.51. The van der Waals surface area contributed by atoms with Gasteiger partial charge in [0.2, 0.25) is 0 Å². The molecule has 3 rings (SSSR count). The third kappa shape index (κ3) is 3.94. The number of likely N-dealkylation sites (N-methyl/N-ethyl adjacent to an activating group) is 1. The minimum atomic E-state index is -0.824. The minimum Gasteiger partial charge on any atom is -0.385 e. The number of carbonyl (C=O) groups excluding carboxylic acids is 1. The summed E-state index contributed by atoms with van der Waals surface area (Å²) in [5.41, 5.74) is 0.0412. The number of rotatable bonds is 4. The number of aromatic nitrogens is 1. The molecule has 2 heterocycles. The van der Waals surface area contributed by atoms with Crippen molar-refractivity contribution in [3.8, 4) is 0 Å². The molecule has 0 radical (unpaired) electrons. The summed E-state index contributed by atoms with van der Waals surface area (Å²) < 4.78 is 5.61. The van der Waals surface area contributed by atoms with Crippen molar-refractivity contribution in [1.82, 2.24) is 15.2 Å². The molecule has 2 aliphatic rings. The van der Waals surface area contributed by atoms with E-state index in [1.54, 1.807) is 12.4 Å². The number of morpholine rings is 1. The Kier molecular flexibility index (Phi) is 5.48. The van der Waals surface area contributed by atoms with Crippen molar-refractivity contribution < 1.29 is 14.6 Å². The van der Waals surface area contributed by atoms with Crippen LogP contribution in [0.4, 0.5) is 0 Å². The maximum absolute atomic E-state index is 12.4. The summed E-state index contributed by atoms with van der Waals surface area (Å²) in [5, 5.41) is 13.9. The van der Waals surface area contributed by atoms with Crippen LogP contribution < -0.4 is 5.32 Å². The molecule has 6 heteroatoms.